The molecule has 0 spiro atoms. The molecule has 1 rings (SSSR count). The van der Waals surface area contributed by atoms with Crippen LogP contribution in [0.15, 0.2) is 16.8 Å². The molecule has 4 heteroatoms. The average molecular weight is 220 g/mol. The van der Waals surface area contributed by atoms with Gasteiger partial charge in [-0.1, -0.05) is 0 Å². The number of nitrogens with one attached hydrogen (secondary N) is 1. The molecule has 1 aromatic heterocycles. The minimum absolute atomic E-state index is 0.0589. The lowest BCUT2D eigenvalue weighted by molar-refractivity contribution is 0.197. The fourth-order valence-corrected chi connectivity index (χ4v) is 1.91. The van der Waals surface area contributed by atoms with Crippen LogP contribution in [0.3, 0.4) is 0 Å². The zero-order chi connectivity index (χ0) is 9.52. The molecule has 13 heavy (non-hydrogen) atoms. The van der Waals surface area contributed by atoms with Gasteiger partial charge in [0.05, 0.1) is 12.0 Å². The van der Waals surface area contributed by atoms with Gasteiger partial charge in [0.15, 0.2) is 0 Å². The Hall–Kier alpha value is -0.0900. The van der Waals surface area contributed by atoms with Crippen LogP contribution in [-0.2, 0) is 11.3 Å². The van der Waals surface area contributed by atoms with Gasteiger partial charge < -0.3 is 10.1 Å². The fourth-order valence-electron chi connectivity index (χ4n) is 1.01. The summed E-state index contributed by atoms with van der Waals surface area (Å²) in [5, 5.41) is 7.53. The molecule has 0 bridgehead atoms. The van der Waals surface area contributed by atoms with E-state index >= 15 is 0 Å². The van der Waals surface area contributed by atoms with E-state index in [1.807, 2.05) is 0 Å². The zero-order valence-electron chi connectivity index (χ0n) is 7.63. The second kappa shape index (κ2) is 6.38. The molecule has 0 fully saturated rings. The monoisotopic (exact) mass is 219 g/mol. The summed E-state index contributed by atoms with van der Waals surface area (Å²) in [6.07, 6.45) is 0. The average Bonchev–Trinajstić information content (AvgIpc) is 2.57. The van der Waals surface area contributed by atoms with Crippen molar-refractivity contribution in [1.82, 2.24) is 5.32 Å². The summed E-state index contributed by atoms with van der Waals surface area (Å²) in [7, 11) is 1.66. The molecular formula is C9H14ClNOS. The maximum Gasteiger partial charge on any atom is 0.0694 e. The molecule has 1 unspecified atom stereocenters. The van der Waals surface area contributed by atoms with E-state index in [2.05, 4.69) is 22.1 Å². The Morgan fingerprint density at radius 1 is 1.69 bits per heavy atom. The van der Waals surface area contributed by atoms with Crippen molar-refractivity contribution in [2.75, 3.05) is 20.3 Å². The molecule has 0 radical (unpaired) electrons. The van der Waals surface area contributed by atoms with Crippen molar-refractivity contribution in [3.8, 4) is 0 Å². The predicted octanol–water partition coefficient (Wildman–Crippen LogP) is 2.09. The Bertz CT molecular complexity index is 215. The molecule has 1 N–H and O–H groups in total. The van der Waals surface area contributed by atoms with Crippen molar-refractivity contribution < 1.29 is 4.74 Å². The Morgan fingerprint density at radius 3 is 3.15 bits per heavy atom. The molecule has 0 amide bonds. The van der Waals surface area contributed by atoms with Gasteiger partial charge in [0.2, 0.25) is 0 Å². The van der Waals surface area contributed by atoms with E-state index in [0.717, 1.165) is 13.1 Å². The third kappa shape index (κ3) is 4.62. The first-order chi connectivity index (χ1) is 6.33. The third-order valence-electron chi connectivity index (χ3n) is 1.62. The van der Waals surface area contributed by atoms with Crippen LogP contribution in [0.1, 0.15) is 5.56 Å². The second-order valence-electron chi connectivity index (χ2n) is 2.82. The molecule has 0 saturated heterocycles. The van der Waals surface area contributed by atoms with Gasteiger partial charge in [-0.25, -0.2) is 0 Å². The van der Waals surface area contributed by atoms with Crippen LogP contribution >= 0.6 is 22.9 Å². The Morgan fingerprint density at radius 2 is 2.54 bits per heavy atom. The smallest absolute Gasteiger partial charge is 0.0694 e. The van der Waals surface area contributed by atoms with Gasteiger partial charge in [0, 0.05) is 20.2 Å². The van der Waals surface area contributed by atoms with Crippen LogP contribution in [0.5, 0.6) is 0 Å². The summed E-state index contributed by atoms with van der Waals surface area (Å²) in [5.41, 5.74) is 1.31. The first kappa shape index (κ1) is 11.0. The van der Waals surface area contributed by atoms with Gasteiger partial charge >= 0.3 is 0 Å². The van der Waals surface area contributed by atoms with Gasteiger partial charge in [0.1, 0.15) is 0 Å². The Balaban J connectivity index is 2.07. The predicted molar refractivity (Wildman–Crippen MR) is 57.5 cm³/mol. The molecule has 0 aliphatic rings. The third-order valence-corrected chi connectivity index (χ3v) is 2.63. The lowest BCUT2D eigenvalue weighted by atomic mass is 10.3. The van der Waals surface area contributed by atoms with Crippen molar-refractivity contribution in [3.63, 3.8) is 0 Å². The number of halogens is 1. The second-order valence-corrected chi connectivity index (χ2v) is 4.21. The molecule has 2 nitrogen and oxygen atoms in total. The van der Waals surface area contributed by atoms with Gasteiger partial charge in [-0.15, -0.1) is 11.6 Å². The summed E-state index contributed by atoms with van der Waals surface area (Å²) < 4.78 is 4.92. The van der Waals surface area contributed by atoms with Crippen molar-refractivity contribution in [1.29, 1.82) is 0 Å². The number of thiophene rings is 1. The standard InChI is InChI=1S/C9H14ClNOS/c1-12-6-9(10)5-11-4-8-2-3-13-7-8/h2-3,7,9,11H,4-6H2,1H3. The van der Waals surface area contributed by atoms with Crippen LogP contribution in [0.4, 0.5) is 0 Å². The summed E-state index contributed by atoms with van der Waals surface area (Å²) >= 11 is 7.65. The van der Waals surface area contributed by atoms with E-state index in [4.69, 9.17) is 16.3 Å². The maximum atomic E-state index is 5.94. The van der Waals surface area contributed by atoms with Crippen LogP contribution in [0.25, 0.3) is 0 Å². The van der Waals surface area contributed by atoms with E-state index < -0.39 is 0 Å². The van der Waals surface area contributed by atoms with Crippen LogP contribution < -0.4 is 5.32 Å². The van der Waals surface area contributed by atoms with Crippen molar-refractivity contribution in [2.45, 2.75) is 11.9 Å². The zero-order valence-corrected chi connectivity index (χ0v) is 9.20. The Kier molecular flexibility index (Phi) is 5.39. The van der Waals surface area contributed by atoms with Gasteiger partial charge in [0.25, 0.3) is 0 Å². The molecular weight excluding hydrogens is 206 g/mol. The normalized spacial score (nSPS) is 13.1. The maximum absolute atomic E-state index is 5.94. The van der Waals surface area contributed by atoms with Gasteiger partial charge in [-0.2, -0.15) is 11.3 Å². The number of rotatable bonds is 6. The Labute approximate surface area is 87.9 Å². The van der Waals surface area contributed by atoms with Gasteiger partial charge in [-0.3, -0.25) is 0 Å². The first-order valence-electron chi connectivity index (χ1n) is 4.17. The summed E-state index contributed by atoms with van der Waals surface area (Å²) in [5.74, 6) is 0. The van der Waals surface area contributed by atoms with Crippen molar-refractivity contribution >= 4 is 22.9 Å². The van der Waals surface area contributed by atoms with E-state index in [9.17, 15) is 0 Å². The van der Waals surface area contributed by atoms with E-state index in [1.54, 1.807) is 18.4 Å². The molecule has 1 atom stereocenters. The quantitative estimate of drug-likeness (QED) is 0.740. The fraction of sp³-hybridized carbons (Fsp3) is 0.556. The minimum atomic E-state index is 0.0589. The highest BCUT2D eigenvalue weighted by Crippen LogP contribution is 2.05. The van der Waals surface area contributed by atoms with E-state index in [0.29, 0.717) is 6.61 Å². The number of alkyl halides is 1. The topological polar surface area (TPSA) is 21.3 Å². The lowest BCUT2D eigenvalue weighted by Crippen LogP contribution is -2.25. The highest BCUT2D eigenvalue weighted by atomic mass is 35.5. The number of hydrogen-bond donors (Lipinski definition) is 1. The largest absolute Gasteiger partial charge is 0.383 e. The summed E-state index contributed by atoms with van der Waals surface area (Å²) in [6.45, 7) is 2.26. The first-order valence-corrected chi connectivity index (χ1v) is 5.55. The molecule has 1 aromatic rings. The minimum Gasteiger partial charge on any atom is -0.383 e. The van der Waals surface area contributed by atoms with Crippen molar-refractivity contribution in [2.24, 2.45) is 0 Å². The lowest BCUT2D eigenvalue weighted by Gasteiger charge is -2.08. The molecule has 0 aromatic carbocycles. The van der Waals surface area contributed by atoms with Crippen molar-refractivity contribution in [3.05, 3.63) is 22.4 Å². The van der Waals surface area contributed by atoms with Crippen LogP contribution in [0.2, 0.25) is 0 Å². The number of methoxy groups -OCH3 is 1. The van der Waals surface area contributed by atoms with E-state index in [1.165, 1.54) is 5.56 Å². The van der Waals surface area contributed by atoms with Crippen LogP contribution in [0, 0.1) is 0 Å². The molecule has 0 saturated carbocycles. The number of ether oxygens (including phenoxy) is 1. The van der Waals surface area contributed by atoms with E-state index in [-0.39, 0.29) is 5.38 Å². The molecule has 0 aliphatic heterocycles. The molecule has 0 aliphatic carbocycles. The van der Waals surface area contributed by atoms with Crippen LogP contribution in [-0.4, -0.2) is 25.6 Å². The SMILES string of the molecule is COCC(Cl)CNCc1ccsc1. The van der Waals surface area contributed by atoms with Gasteiger partial charge in [-0.05, 0) is 22.4 Å². The number of hydrogen-bond acceptors (Lipinski definition) is 3. The highest BCUT2D eigenvalue weighted by molar-refractivity contribution is 7.07. The summed E-state index contributed by atoms with van der Waals surface area (Å²) in [6, 6.07) is 2.11. The molecule has 74 valence electrons. The summed E-state index contributed by atoms with van der Waals surface area (Å²) in [4.78, 5) is 0. The molecule has 1 heterocycles. The highest BCUT2D eigenvalue weighted by Gasteiger charge is 2.02.